The third kappa shape index (κ3) is 4.14. The molecular formula is C10H15F3N2OS. The molecule has 1 aliphatic rings. The first-order valence-corrected chi connectivity index (χ1v) is 5.86. The largest absolute Gasteiger partial charge is 0.392 e. The fraction of sp³-hybridized carbons (Fsp3) is 0.800. The van der Waals surface area contributed by atoms with Crippen LogP contribution in [0.1, 0.15) is 25.7 Å². The lowest BCUT2D eigenvalue weighted by molar-refractivity contribution is -0.198. The Labute approximate surface area is 103 Å². The minimum atomic E-state index is -4.31. The lowest BCUT2D eigenvalue weighted by Gasteiger charge is -2.31. The molecule has 0 aromatic heterocycles. The Morgan fingerprint density at radius 3 is 2.47 bits per heavy atom. The van der Waals surface area contributed by atoms with E-state index in [9.17, 15) is 18.0 Å². The van der Waals surface area contributed by atoms with Crippen molar-refractivity contribution in [2.75, 3.05) is 6.54 Å². The molecular weight excluding hydrogens is 253 g/mol. The quantitative estimate of drug-likeness (QED) is 0.767. The van der Waals surface area contributed by atoms with Gasteiger partial charge in [-0.05, 0) is 12.8 Å². The van der Waals surface area contributed by atoms with E-state index in [1.165, 1.54) is 0 Å². The van der Waals surface area contributed by atoms with Gasteiger partial charge in [-0.25, -0.2) is 0 Å². The molecule has 2 atom stereocenters. The van der Waals surface area contributed by atoms with Crippen LogP contribution in [0.15, 0.2) is 0 Å². The van der Waals surface area contributed by atoms with E-state index in [1.807, 2.05) is 0 Å². The van der Waals surface area contributed by atoms with Crippen LogP contribution in [0.25, 0.3) is 0 Å². The zero-order chi connectivity index (χ0) is 13.1. The molecule has 1 aliphatic carbocycles. The van der Waals surface area contributed by atoms with E-state index in [2.05, 4.69) is 17.5 Å². The van der Waals surface area contributed by atoms with Gasteiger partial charge in [0.1, 0.15) is 0 Å². The van der Waals surface area contributed by atoms with Crippen molar-refractivity contribution in [2.24, 2.45) is 17.6 Å². The Balaban J connectivity index is 2.64. The highest BCUT2D eigenvalue weighted by Crippen LogP contribution is 2.41. The molecule has 1 amide bonds. The SMILES string of the molecule is NC(=S)CNC(=O)C1CCCCC1C(F)(F)F. The summed E-state index contributed by atoms with van der Waals surface area (Å²) in [6.45, 7) is -0.0464. The Morgan fingerprint density at radius 2 is 1.94 bits per heavy atom. The molecule has 0 saturated heterocycles. The summed E-state index contributed by atoms with van der Waals surface area (Å²) in [7, 11) is 0. The summed E-state index contributed by atoms with van der Waals surface area (Å²) in [6, 6.07) is 0. The maximum Gasteiger partial charge on any atom is 0.392 e. The maximum absolute atomic E-state index is 12.7. The summed E-state index contributed by atoms with van der Waals surface area (Å²) in [5.74, 6) is -3.14. The van der Waals surface area contributed by atoms with Crippen LogP contribution >= 0.6 is 12.2 Å². The number of thiocarbonyl (C=S) groups is 1. The Hall–Kier alpha value is -0.850. The molecule has 0 spiro atoms. The minimum Gasteiger partial charge on any atom is -0.392 e. The van der Waals surface area contributed by atoms with Gasteiger partial charge in [-0.1, -0.05) is 25.1 Å². The molecule has 3 nitrogen and oxygen atoms in total. The van der Waals surface area contributed by atoms with Gasteiger partial charge in [0.25, 0.3) is 0 Å². The highest BCUT2D eigenvalue weighted by Gasteiger charge is 2.47. The van der Waals surface area contributed by atoms with Gasteiger partial charge in [0.15, 0.2) is 0 Å². The average molecular weight is 268 g/mol. The van der Waals surface area contributed by atoms with Crippen molar-refractivity contribution in [2.45, 2.75) is 31.9 Å². The van der Waals surface area contributed by atoms with E-state index >= 15 is 0 Å². The summed E-state index contributed by atoms with van der Waals surface area (Å²) in [6.07, 6.45) is -2.85. The molecule has 0 heterocycles. The summed E-state index contributed by atoms with van der Waals surface area (Å²) in [5, 5.41) is 2.35. The van der Waals surface area contributed by atoms with Gasteiger partial charge in [0, 0.05) is 5.92 Å². The molecule has 17 heavy (non-hydrogen) atoms. The topological polar surface area (TPSA) is 55.1 Å². The predicted octanol–water partition coefficient (Wildman–Crippen LogP) is 1.76. The van der Waals surface area contributed by atoms with Crippen molar-refractivity contribution in [3.8, 4) is 0 Å². The van der Waals surface area contributed by atoms with E-state index in [0.717, 1.165) is 0 Å². The van der Waals surface area contributed by atoms with Crippen LogP contribution in [0.2, 0.25) is 0 Å². The summed E-state index contributed by atoms with van der Waals surface area (Å²) >= 11 is 4.56. The molecule has 1 rings (SSSR count). The normalized spacial score (nSPS) is 25.4. The summed E-state index contributed by atoms with van der Waals surface area (Å²) in [5.41, 5.74) is 5.19. The summed E-state index contributed by atoms with van der Waals surface area (Å²) < 4.78 is 38.2. The highest BCUT2D eigenvalue weighted by atomic mass is 32.1. The number of amides is 1. The first-order chi connectivity index (χ1) is 7.82. The Bertz CT molecular complexity index is 306. The molecule has 0 aromatic rings. The lowest BCUT2D eigenvalue weighted by Crippen LogP contribution is -2.44. The number of hydrogen-bond acceptors (Lipinski definition) is 2. The van der Waals surface area contributed by atoms with Crippen LogP contribution in [0.3, 0.4) is 0 Å². The lowest BCUT2D eigenvalue weighted by atomic mass is 9.78. The van der Waals surface area contributed by atoms with Crippen molar-refractivity contribution in [1.82, 2.24) is 5.32 Å². The molecule has 2 unspecified atom stereocenters. The van der Waals surface area contributed by atoms with E-state index < -0.39 is 23.9 Å². The molecule has 98 valence electrons. The highest BCUT2D eigenvalue weighted by molar-refractivity contribution is 7.80. The number of nitrogens with two attached hydrogens (primary N) is 1. The number of halogens is 3. The number of carbonyl (C=O) groups excluding carboxylic acids is 1. The van der Waals surface area contributed by atoms with Gasteiger partial charge in [-0.15, -0.1) is 0 Å². The van der Waals surface area contributed by atoms with Gasteiger partial charge in [0.2, 0.25) is 5.91 Å². The van der Waals surface area contributed by atoms with Crippen LogP contribution in [0.5, 0.6) is 0 Å². The second kappa shape index (κ2) is 5.66. The number of nitrogens with one attached hydrogen (secondary N) is 1. The molecule has 0 bridgehead atoms. The van der Waals surface area contributed by atoms with E-state index in [-0.39, 0.29) is 24.4 Å². The molecule has 0 aliphatic heterocycles. The van der Waals surface area contributed by atoms with Gasteiger partial charge < -0.3 is 11.1 Å². The molecule has 7 heteroatoms. The molecule has 0 aromatic carbocycles. The van der Waals surface area contributed by atoms with Gasteiger partial charge in [-0.3, -0.25) is 4.79 Å². The van der Waals surface area contributed by atoms with Crippen LogP contribution < -0.4 is 11.1 Å². The van der Waals surface area contributed by atoms with Crippen molar-refractivity contribution in [3.05, 3.63) is 0 Å². The molecule has 1 saturated carbocycles. The number of rotatable bonds is 3. The number of hydrogen-bond donors (Lipinski definition) is 2. The first-order valence-electron chi connectivity index (χ1n) is 5.45. The van der Waals surface area contributed by atoms with E-state index in [1.54, 1.807) is 0 Å². The Morgan fingerprint density at radius 1 is 1.35 bits per heavy atom. The van der Waals surface area contributed by atoms with Crippen molar-refractivity contribution in [1.29, 1.82) is 0 Å². The summed E-state index contributed by atoms with van der Waals surface area (Å²) in [4.78, 5) is 11.7. The third-order valence-corrected chi connectivity index (χ3v) is 3.10. The standard InChI is InChI=1S/C10H15F3N2OS/c11-10(12,13)7-4-2-1-3-6(7)9(16)15-5-8(14)17/h6-7H,1-5H2,(H2,14,17)(H,15,16). The van der Waals surface area contributed by atoms with Gasteiger partial charge in [-0.2, -0.15) is 13.2 Å². The smallest absolute Gasteiger partial charge is 0.392 e. The second-order valence-electron chi connectivity index (χ2n) is 4.22. The zero-order valence-corrected chi connectivity index (χ0v) is 10.0. The van der Waals surface area contributed by atoms with E-state index in [4.69, 9.17) is 5.73 Å². The zero-order valence-electron chi connectivity index (χ0n) is 9.22. The van der Waals surface area contributed by atoms with Crippen LogP contribution in [0.4, 0.5) is 13.2 Å². The molecule has 1 fully saturated rings. The van der Waals surface area contributed by atoms with Gasteiger partial charge in [0.05, 0.1) is 17.5 Å². The van der Waals surface area contributed by atoms with E-state index in [0.29, 0.717) is 12.8 Å². The Kier molecular flexibility index (Phi) is 4.73. The van der Waals surface area contributed by atoms with Crippen LogP contribution in [-0.4, -0.2) is 23.6 Å². The fourth-order valence-corrected chi connectivity index (χ4v) is 2.21. The third-order valence-electron chi connectivity index (χ3n) is 2.96. The van der Waals surface area contributed by atoms with Crippen molar-refractivity contribution >= 4 is 23.1 Å². The van der Waals surface area contributed by atoms with Crippen LogP contribution in [0, 0.1) is 11.8 Å². The second-order valence-corrected chi connectivity index (χ2v) is 4.75. The molecule has 3 N–H and O–H groups in total. The number of carbonyl (C=O) groups is 1. The monoisotopic (exact) mass is 268 g/mol. The maximum atomic E-state index is 12.7. The van der Waals surface area contributed by atoms with Crippen LogP contribution in [-0.2, 0) is 4.79 Å². The van der Waals surface area contributed by atoms with Crippen molar-refractivity contribution < 1.29 is 18.0 Å². The first kappa shape index (κ1) is 14.2. The minimum absolute atomic E-state index is 0.0225. The predicted molar refractivity (Wildman–Crippen MR) is 61.3 cm³/mol. The number of alkyl halides is 3. The van der Waals surface area contributed by atoms with Gasteiger partial charge >= 0.3 is 6.18 Å². The van der Waals surface area contributed by atoms with Crippen molar-refractivity contribution in [3.63, 3.8) is 0 Å². The fourth-order valence-electron chi connectivity index (χ4n) is 2.14. The molecule has 0 radical (unpaired) electrons. The average Bonchev–Trinajstić information content (AvgIpc) is 2.24.